The third kappa shape index (κ3) is 1.81. The smallest absolute Gasteiger partial charge is 0.204 e. The first-order chi connectivity index (χ1) is 10.6. The van der Waals surface area contributed by atoms with Crippen LogP contribution in [0.1, 0.15) is 16.8 Å². The minimum Gasteiger partial charge on any atom is -0.374 e. The van der Waals surface area contributed by atoms with Crippen LogP contribution in [0.4, 0.5) is 11.4 Å². The van der Waals surface area contributed by atoms with Gasteiger partial charge in [0.05, 0.1) is 5.69 Å². The molecule has 2 aliphatic heterocycles. The molecule has 0 aromatic heterocycles. The maximum atomic E-state index is 12.7. The second kappa shape index (κ2) is 4.66. The summed E-state index contributed by atoms with van der Waals surface area (Å²) in [6, 6.07) is 14.6. The Labute approximate surface area is 132 Å². The summed E-state index contributed by atoms with van der Waals surface area (Å²) in [6.07, 6.45) is 0.325. The summed E-state index contributed by atoms with van der Waals surface area (Å²) < 4.78 is 0. The van der Waals surface area contributed by atoms with Crippen LogP contribution < -0.4 is 4.90 Å². The molecule has 1 atom stereocenters. The number of aliphatic imine (C=N–C) groups is 1. The van der Waals surface area contributed by atoms with E-state index in [4.69, 9.17) is 11.6 Å². The molecule has 4 nitrogen and oxygen atoms in total. The molecule has 1 saturated heterocycles. The number of hydrogen-bond acceptors (Lipinski definition) is 4. The number of carbonyl (C=O) groups is 1. The maximum absolute atomic E-state index is 12.7. The van der Waals surface area contributed by atoms with E-state index in [-0.39, 0.29) is 5.78 Å². The number of benzene rings is 2. The van der Waals surface area contributed by atoms with Crippen LogP contribution in [0.25, 0.3) is 0 Å². The van der Waals surface area contributed by atoms with Crippen LogP contribution in [0.3, 0.4) is 0 Å². The number of fused-ring (bicyclic) bond motifs is 2. The Morgan fingerprint density at radius 1 is 1.18 bits per heavy atom. The zero-order valence-electron chi connectivity index (χ0n) is 11.7. The summed E-state index contributed by atoms with van der Waals surface area (Å²) in [5.74, 6) is 0.0759. The van der Waals surface area contributed by atoms with E-state index in [1.165, 1.54) is 0 Å². The second-order valence-corrected chi connectivity index (χ2v) is 5.96. The fraction of sp³-hybridized carbons (Fsp3) is 0.176. The summed E-state index contributed by atoms with van der Waals surface area (Å²) in [4.78, 5) is 19.2. The summed E-state index contributed by atoms with van der Waals surface area (Å²) in [5, 5.41) is 11.3. The van der Waals surface area contributed by atoms with E-state index in [1.807, 2.05) is 35.2 Å². The van der Waals surface area contributed by atoms with E-state index < -0.39 is 5.60 Å². The second-order valence-electron chi connectivity index (χ2n) is 5.52. The number of hydrogen-bond donors (Lipinski definition) is 1. The summed E-state index contributed by atoms with van der Waals surface area (Å²) >= 11 is 5.96. The van der Waals surface area contributed by atoms with Crippen molar-refractivity contribution in [3.8, 4) is 0 Å². The van der Waals surface area contributed by atoms with Crippen LogP contribution in [-0.4, -0.2) is 28.9 Å². The fourth-order valence-electron chi connectivity index (χ4n) is 3.07. The van der Waals surface area contributed by atoms with Gasteiger partial charge in [0.15, 0.2) is 5.60 Å². The number of halogens is 1. The van der Waals surface area contributed by atoms with Gasteiger partial charge in [-0.3, -0.25) is 4.79 Å². The molecule has 0 spiro atoms. The summed E-state index contributed by atoms with van der Waals surface area (Å²) in [7, 11) is 0. The first-order valence-corrected chi connectivity index (χ1v) is 7.46. The molecule has 1 N–H and O–H groups in total. The highest BCUT2D eigenvalue weighted by molar-refractivity contribution is 6.33. The van der Waals surface area contributed by atoms with Gasteiger partial charge in [-0.1, -0.05) is 29.8 Å². The normalized spacial score (nSPS) is 23.1. The van der Waals surface area contributed by atoms with Gasteiger partial charge < -0.3 is 10.0 Å². The number of Topliss-reactive ketones (excluding diaryl/α,β-unsaturated/α-hetero) is 1. The Balaban J connectivity index is 1.88. The van der Waals surface area contributed by atoms with Crippen molar-refractivity contribution in [3.05, 3.63) is 59.1 Å². The number of rotatable bonds is 1. The van der Waals surface area contributed by atoms with Crippen molar-refractivity contribution < 1.29 is 9.90 Å². The fourth-order valence-corrected chi connectivity index (χ4v) is 3.24. The molecule has 2 aromatic carbocycles. The van der Waals surface area contributed by atoms with Gasteiger partial charge in [-0.25, -0.2) is 4.99 Å². The van der Waals surface area contributed by atoms with Crippen LogP contribution >= 0.6 is 11.6 Å². The third-order valence-corrected chi connectivity index (χ3v) is 4.43. The van der Waals surface area contributed by atoms with Crippen LogP contribution in [0, 0.1) is 0 Å². The number of anilines is 1. The average molecular weight is 313 g/mol. The largest absolute Gasteiger partial charge is 0.374 e. The van der Waals surface area contributed by atoms with Gasteiger partial charge in [-0.15, -0.1) is 0 Å². The molecule has 0 unspecified atom stereocenters. The van der Waals surface area contributed by atoms with Crippen molar-refractivity contribution in [2.45, 2.75) is 12.0 Å². The quantitative estimate of drug-likeness (QED) is 0.879. The van der Waals surface area contributed by atoms with Crippen LogP contribution in [0.2, 0.25) is 5.02 Å². The topological polar surface area (TPSA) is 52.9 Å². The lowest BCUT2D eigenvalue weighted by molar-refractivity contribution is 0.0602. The Bertz CT molecular complexity index is 804. The lowest BCUT2D eigenvalue weighted by atomic mass is 9.88. The highest BCUT2D eigenvalue weighted by Gasteiger charge is 2.52. The minimum absolute atomic E-state index is 0.325. The molecular weight excluding hydrogens is 300 g/mol. The van der Waals surface area contributed by atoms with Crippen molar-refractivity contribution in [3.63, 3.8) is 0 Å². The van der Waals surface area contributed by atoms with E-state index in [2.05, 4.69) is 4.99 Å². The number of nitrogens with zero attached hydrogens (tertiary/aromatic N) is 2. The average Bonchev–Trinajstić information content (AvgIpc) is 2.88. The Hall–Kier alpha value is -2.17. The van der Waals surface area contributed by atoms with E-state index in [1.54, 1.807) is 18.2 Å². The number of carbonyl (C=O) groups excluding carboxylic acids is 1. The molecule has 0 saturated carbocycles. The van der Waals surface area contributed by atoms with Crippen LogP contribution in [0.15, 0.2) is 53.5 Å². The van der Waals surface area contributed by atoms with E-state index in [0.29, 0.717) is 35.1 Å². The SMILES string of the molecule is O=C1c2cc(Cl)ccc2N=C2N(c3ccccc3)CC[C@@]12O. The van der Waals surface area contributed by atoms with E-state index in [9.17, 15) is 9.90 Å². The molecule has 2 aromatic rings. The zero-order valence-corrected chi connectivity index (χ0v) is 12.4. The maximum Gasteiger partial charge on any atom is 0.204 e. The molecule has 0 aliphatic carbocycles. The highest BCUT2D eigenvalue weighted by Crippen LogP contribution is 2.40. The third-order valence-electron chi connectivity index (χ3n) is 4.20. The van der Waals surface area contributed by atoms with E-state index in [0.717, 1.165) is 5.69 Å². The molecule has 0 amide bonds. The van der Waals surface area contributed by atoms with Gasteiger partial charge >= 0.3 is 0 Å². The van der Waals surface area contributed by atoms with Crippen LogP contribution in [0.5, 0.6) is 0 Å². The molecule has 2 heterocycles. The first-order valence-electron chi connectivity index (χ1n) is 7.08. The standard InChI is InChI=1S/C17H13ClN2O2/c18-11-6-7-14-13(10-11)15(21)17(22)8-9-20(16(17)19-14)12-4-2-1-3-5-12/h1-7,10,22H,8-9H2/t17-/m1/s1. The van der Waals surface area contributed by atoms with Gasteiger partial charge in [-0.05, 0) is 30.3 Å². The highest BCUT2D eigenvalue weighted by atomic mass is 35.5. The van der Waals surface area contributed by atoms with Crippen molar-refractivity contribution in [1.29, 1.82) is 0 Å². The first kappa shape index (κ1) is 13.5. The summed E-state index contributed by atoms with van der Waals surface area (Å²) in [5.41, 5.74) is 0.293. The lowest BCUT2D eigenvalue weighted by Gasteiger charge is -2.29. The van der Waals surface area contributed by atoms with Gasteiger partial charge in [-0.2, -0.15) is 0 Å². The molecule has 110 valence electrons. The van der Waals surface area contributed by atoms with E-state index >= 15 is 0 Å². The molecule has 0 radical (unpaired) electrons. The zero-order chi connectivity index (χ0) is 15.3. The monoisotopic (exact) mass is 312 g/mol. The lowest BCUT2D eigenvalue weighted by Crippen LogP contribution is -2.48. The molecule has 1 fully saturated rings. The Morgan fingerprint density at radius 3 is 2.73 bits per heavy atom. The predicted octanol–water partition coefficient (Wildman–Crippen LogP) is 3.21. The van der Waals surface area contributed by atoms with Crippen molar-refractivity contribution in [1.82, 2.24) is 0 Å². The predicted molar refractivity (Wildman–Crippen MR) is 86.2 cm³/mol. The van der Waals surface area contributed by atoms with Crippen LogP contribution in [-0.2, 0) is 0 Å². The number of ketones is 1. The van der Waals surface area contributed by atoms with Crippen molar-refractivity contribution >= 4 is 34.6 Å². The molecule has 4 rings (SSSR count). The van der Waals surface area contributed by atoms with Gasteiger partial charge in [0.25, 0.3) is 0 Å². The summed E-state index contributed by atoms with van der Waals surface area (Å²) in [6.45, 7) is 0.548. The molecule has 0 bridgehead atoms. The molecule has 22 heavy (non-hydrogen) atoms. The van der Waals surface area contributed by atoms with Gasteiger partial charge in [0.1, 0.15) is 5.84 Å². The number of amidine groups is 1. The molecule has 2 aliphatic rings. The Kier molecular flexibility index (Phi) is 2.86. The minimum atomic E-state index is -1.56. The van der Waals surface area contributed by atoms with Gasteiger partial charge in [0.2, 0.25) is 5.78 Å². The van der Waals surface area contributed by atoms with Gasteiger partial charge in [0, 0.05) is 29.2 Å². The van der Waals surface area contributed by atoms with Crippen molar-refractivity contribution in [2.24, 2.45) is 4.99 Å². The Morgan fingerprint density at radius 2 is 1.95 bits per heavy atom. The van der Waals surface area contributed by atoms with Crippen molar-refractivity contribution in [2.75, 3.05) is 11.4 Å². The molecular formula is C17H13ClN2O2. The number of para-hydroxylation sites is 1. The number of aliphatic hydroxyl groups is 1. The molecule has 5 heteroatoms.